The van der Waals surface area contributed by atoms with Gasteiger partial charge in [-0.05, 0) is 0 Å². The molecule has 0 aliphatic carbocycles. The Morgan fingerprint density at radius 1 is 0.650 bits per heavy atom. The third-order valence-corrected chi connectivity index (χ3v) is 7.50. The van der Waals surface area contributed by atoms with E-state index < -0.39 is 39.0 Å². The first kappa shape index (κ1) is 16.4. The first-order chi connectivity index (χ1) is 8.93. The van der Waals surface area contributed by atoms with Crippen LogP contribution in [-0.2, 0) is 0 Å². The number of nitriles is 3. The molecule has 1 aromatic rings. The molecule has 0 saturated carbocycles. The van der Waals surface area contributed by atoms with Gasteiger partial charge in [0.2, 0.25) is 0 Å². The summed E-state index contributed by atoms with van der Waals surface area (Å²) in [6.07, 6.45) is 0. The number of nitrogens with zero attached hydrogens (tertiary/aromatic N) is 3. The summed E-state index contributed by atoms with van der Waals surface area (Å²) in [5, 5.41) is 24.5. The molecule has 0 fully saturated rings. The predicted octanol–water partition coefficient (Wildman–Crippen LogP) is 3.85. The third kappa shape index (κ3) is 1.72. The molecule has 20 heavy (non-hydrogen) atoms. The molecule has 1 rings (SSSR count). The van der Waals surface area contributed by atoms with Crippen molar-refractivity contribution in [2.75, 3.05) is 0 Å². The zero-order valence-electron chi connectivity index (χ0n) is 8.93. The number of hydrogen-bond acceptors (Lipinski definition) is 3. The topological polar surface area (TPSA) is 71.4 Å². The molecule has 0 amide bonds. The van der Waals surface area contributed by atoms with Crippen molar-refractivity contribution < 1.29 is 22.0 Å². The quantitative estimate of drug-likeness (QED) is 0.335. The molecule has 0 bridgehead atoms. The van der Waals surface area contributed by atoms with Crippen LogP contribution in [0, 0.1) is 62.3 Å². The summed E-state index contributed by atoms with van der Waals surface area (Å²) in [4.78, 5) is 0. The standard InChI is InChI=1S/C9Cl2F5N3P/c10-20(11,1-17,2-18,3-19)9-7(15)5(13)4(12)6(14)8(9)16/q-1. The van der Waals surface area contributed by atoms with Gasteiger partial charge in [-0.1, -0.05) is 0 Å². The van der Waals surface area contributed by atoms with E-state index in [1.807, 2.05) is 0 Å². The van der Waals surface area contributed by atoms with Crippen LogP contribution in [0.1, 0.15) is 0 Å². The van der Waals surface area contributed by atoms with Crippen molar-refractivity contribution in [3.05, 3.63) is 29.1 Å². The Hall–Kier alpha value is -1.65. The van der Waals surface area contributed by atoms with E-state index in [9.17, 15) is 22.0 Å². The number of rotatable bonds is 1. The molecule has 11 heteroatoms. The molecular formula is C9Cl2F5N3P-. The normalized spacial score (nSPS) is 14.4. The van der Waals surface area contributed by atoms with Gasteiger partial charge in [0.05, 0.1) is 0 Å². The molecule has 0 N–H and O–H groups in total. The van der Waals surface area contributed by atoms with Crippen LogP contribution in [0.4, 0.5) is 22.0 Å². The summed E-state index contributed by atoms with van der Waals surface area (Å²) in [5.74, 6) is -10.5. The maximum atomic E-state index is 13.6. The van der Waals surface area contributed by atoms with Crippen LogP contribution in [0.3, 0.4) is 0 Å². The van der Waals surface area contributed by atoms with E-state index in [2.05, 4.69) is 0 Å². The second-order valence-electron chi connectivity index (χ2n) is 3.63. The van der Waals surface area contributed by atoms with Gasteiger partial charge >= 0.3 is 117 Å². The first-order valence-electron chi connectivity index (χ1n) is 4.35. The molecule has 3 nitrogen and oxygen atoms in total. The fourth-order valence-corrected chi connectivity index (χ4v) is 3.66. The fraction of sp³-hybridized carbons (Fsp3) is 0. The Bertz CT molecular complexity index is 712. The van der Waals surface area contributed by atoms with Gasteiger partial charge in [-0.2, -0.15) is 0 Å². The monoisotopic (exact) mass is 346 g/mol. The van der Waals surface area contributed by atoms with Crippen molar-refractivity contribution in [2.24, 2.45) is 0 Å². The Balaban J connectivity index is 4.30. The molecule has 0 unspecified atom stereocenters. The van der Waals surface area contributed by atoms with Crippen molar-refractivity contribution in [1.29, 1.82) is 15.8 Å². The van der Waals surface area contributed by atoms with E-state index in [-0.39, 0.29) is 0 Å². The average Bonchev–Trinajstić information content (AvgIpc) is 2.44. The molecule has 0 radical (unpaired) electrons. The van der Waals surface area contributed by atoms with Crippen molar-refractivity contribution in [1.82, 2.24) is 0 Å². The van der Waals surface area contributed by atoms with E-state index in [1.165, 1.54) is 0 Å². The van der Waals surface area contributed by atoms with Crippen molar-refractivity contribution >= 4 is 32.4 Å². The van der Waals surface area contributed by atoms with Crippen molar-refractivity contribution in [3.8, 4) is 17.4 Å². The minimum atomic E-state index is -7.00. The molecule has 0 aromatic heterocycles. The van der Waals surface area contributed by atoms with Gasteiger partial charge in [-0.15, -0.1) is 0 Å². The zero-order valence-corrected chi connectivity index (χ0v) is 11.3. The van der Waals surface area contributed by atoms with Crippen molar-refractivity contribution in [2.45, 2.75) is 0 Å². The molecule has 0 saturated heterocycles. The SMILES string of the molecule is N#C[P-](Cl)(Cl)(C#N)(C#N)c1c(F)c(F)c(F)c(F)c1F. The number of halogens is 7. The molecule has 0 atom stereocenters. The summed E-state index contributed by atoms with van der Waals surface area (Å²) in [5.41, 5.74) is 0. The fourth-order valence-electron chi connectivity index (χ4n) is 1.25. The van der Waals surface area contributed by atoms with Crippen LogP contribution in [0.5, 0.6) is 0 Å². The van der Waals surface area contributed by atoms with Gasteiger partial charge in [-0.25, -0.2) is 0 Å². The van der Waals surface area contributed by atoms with E-state index in [0.29, 0.717) is 0 Å². The Morgan fingerprint density at radius 2 is 0.900 bits per heavy atom. The molecule has 0 heterocycles. The third-order valence-electron chi connectivity index (χ3n) is 2.37. The molecule has 0 spiro atoms. The second kappa shape index (κ2) is 3.93. The van der Waals surface area contributed by atoms with E-state index >= 15 is 0 Å². The molecule has 0 aliphatic rings. The van der Waals surface area contributed by atoms with Gasteiger partial charge in [0.25, 0.3) is 0 Å². The van der Waals surface area contributed by atoms with Gasteiger partial charge in [0.15, 0.2) is 0 Å². The summed E-state index contributed by atoms with van der Waals surface area (Å²) in [6, 6.07) is 0. The van der Waals surface area contributed by atoms with Gasteiger partial charge in [0.1, 0.15) is 0 Å². The van der Waals surface area contributed by atoms with Crippen LogP contribution in [0.15, 0.2) is 0 Å². The van der Waals surface area contributed by atoms with E-state index in [1.54, 1.807) is 0 Å². The van der Waals surface area contributed by atoms with Crippen LogP contribution < -0.4 is 5.30 Å². The first-order valence-corrected chi connectivity index (χ1v) is 8.84. The summed E-state index contributed by atoms with van der Waals surface area (Å²) in [6.45, 7) is 0. The van der Waals surface area contributed by atoms with Gasteiger partial charge < -0.3 is 0 Å². The Labute approximate surface area is 117 Å². The predicted molar refractivity (Wildman–Crippen MR) is 61.3 cm³/mol. The number of hydrogen-bond donors (Lipinski definition) is 0. The zero-order chi connectivity index (χ0) is 16.0. The van der Waals surface area contributed by atoms with Crippen molar-refractivity contribution in [3.63, 3.8) is 0 Å². The molecule has 0 aliphatic heterocycles. The summed E-state index contributed by atoms with van der Waals surface area (Å²) >= 11 is 10.8. The van der Waals surface area contributed by atoms with E-state index in [4.69, 9.17) is 38.3 Å². The minimum absolute atomic E-state index is 0.749. The second-order valence-corrected chi connectivity index (χ2v) is 13.1. The van der Waals surface area contributed by atoms with E-state index in [0.717, 1.165) is 17.4 Å². The van der Waals surface area contributed by atoms with Gasteiger partial charge in [0, 0.05) is 0 Å². The van der Waals surface area contributed by atoms with Crippen LogP contribution in [-0.4, -0.2) is 0 Å². The van der Waals surface area contributed by atoms with Crippen LogP contribution in [0.25, 0.3) is 0 Å². The number of benzene rings is 1. The Kier molecular flexibility index (Phi) is 3.22. The average molecular weight is 347 g/mol. The summed E-state index contributed by atoms with van der Waals surface area (Å²) in [7, 11) is 0. The van der Waals surface area contributed by atoms with Crippen LogP contribution in [0.2, 0.25) is 0 Å². The van der Waals surface area contributed by atoms with Gasteiger partial charge in [-0.3, -0.25) is 0 Å². The summed E-state index contributed by atoms with van der Waals surface area (Å²) < 4.78 is 59.4. The molecule has 106 valence electrons. The Morgan fingerprint density at radius 3 is 1.15 bits per heavy atom. The van der Waals surface area contributed by atoms with Crippen LogP contribution >= 0.6 is 27.1 Å². The molecular weight excluding hydrogens is 347 g/mol. The molecule has 1 aromatic carbocycles. The maximum absolute atomic E-state index is 13.6.